The first kappa shape index (κ1) is 15.0. The van der Waals surface area contributed by atoms with Crippen molar-refractivity contribution in [1.82, 2.24) is 9.88 Å². The highest BCUT2D eigenvalue weighted by molar-refractivity contribution is 5.96. The topological polar surface area (TPSA) is 71.2 Å². The number of carbonyl (C=O) groups is 1. The largest absolute Gasteiger partial charge is 0.335 e. The van der Waals surface area contributed by atoms with Crippen molar-refractivity contribution in [1.29, 1.82) is 0 Å². The smallest absolute Gasteiger partial charge is 0.254 e. The zero-order valence-electron chi connectivity index (χ0n) is 12.3. The van der Waals surface area contributed by atoms with E-state index < -0.39 is 0 Å². The van der Waals surface area contributed by atoms with Crippen LogP contribution in [-0.4, -0.2) is 22.3 Å². The lowest BCUT2D eigenvalue weighted by Gasteiger charge is -2.22. The molecule has 1 heterocycles. The lowest BCUT2D eigenvalue weighted by atomic mass is 10.1. The van der Waals surface area contributed by atoms with Crippen LogP contribution in [-0.2, 0) is 6.54 Å². The first-order valence-electron chi connectivity index (χ1n) is 6.91. The Morgan fingerprint density at radius 2 is 2.00 bits per heavy atom. The molecule has 1 amide bonds. The third-order valence-electron chi connectivity index (χ3n) is 3.42. The number of amides is 1. The number of pyridine rings is 1. The summed E-state index contributed by atoms with van der Waals surface area (Å²) in [6.45, 7) is 5.12. The van der Waals surface area contributed by atoms with Gasteiger partial charge in [-0.1, -0.05) is 0 Å². The Kier molecular flexibility index (Phi) is 4.90. The van der Waals surface area contributed by atoms with Crippen LogP contribution in [0, 0.1) is 6.92 Å². The molecule has 0 spiro atoms. The van der Waals surface area contributed by atoms with Gasteiger partial charge in [0.2, 0.25) is 0 Å². The molecule has 0 radical (unpaired) electrons. The highest BCUT2D eigenvalue weighted by Gasteiger charge is 2.16. The second-order valence-electron chi connectivity index (χ2n) is 4.85. The molecule has 0 saturated heterocycles. The maximum absolute atomic E-state index is 12.7. The van der Waals surface area contributed by atoms with Crippen molar-refractivity contribution >= 4 is 11.6 Å². The van der Waals surface area contributed by atoms with E-state index in [9.17, 15) is 4.79 Å². The average Bonchev–Trinajstić information content (AvgIpc) is 2.52. The molecule has 1 aromatic carbocycles. The summed E-state index contributed by atoms with van der Waals surface area (Å²) < 4.78 is 0. The molecule has 1 aromatic heterocycles. The zero-order valence-corrected chi connectivity index (χ0v) is 12.3. The van der Waals surface area contributed by atoms with Gasteiger partial charge in [-0.15, -0.1) is 0 Å². The summed E-state index contributed by atoms with van der Waals surface area (Å²) in [5.74, 6) is 5.41. The molecule has 2 aromatic rings. The summed E-state index contributed by atoms with van der Waals surface area (Å²) in [7, 11) is 0. The predicted octanol–water partition coefficient (Wildman–Crippen LogP) is 2.34. The SMILES string of the molecule is CCN(Cc1ccncc1)C(=O)c1ccc(NN)cc1C. The van der Waals surface area contributed by atoms with Gasteiger partial charge in [0.05, 0.1) is 0 Å². The predicted molar refractivity (Wildman–Crippen MR) is 83.6 cm³/mol. The molecule has 0 saturated carbocycles. The Morgan fingerprint density at radius 3 is 2.57 bits per heavy atom. The van der Waals surface area contributed by atoms with E-state index in [4.69, 9.17) is 5.84 Å². The molecule has 2 rings (SSSR count). The number of hydrazine groups is 1. The van der Waals surface area contributed by atoms with Crippen LogP contribution in [0.5, 0.6) is 0 Å². The number of carbonyl (C=O) groups excluding carboxylic acids is 1. The summed E-state index contributed by atoms with van der Waals surface area (Å²) in [6, 6.07) is 9.32. The molecule has 3 N–H and O–H groups in total. The second-order valence-corrected chi connectivity index (χ2v) is 4.85. The fraction of sp³-hybridized carbons (Fsp3) is 0.250. The molecule has 110 valence electrons. The van der Waals surface area contributed by atoms with Gasteiger partial charge in [-0.3, -0.25) is 15.6 Å². The maximum Gasteiger partial charge on any atom is 0.254 e. The summed E-state index contributed by atoms with van der Waals surface area (Å²) in [4.78, 5) is 18.5. The van der Waals surface area contributed by atoms with E-state index in [1.807, 2.05) is 43.0 Å². The second kappa shape index (κ2) is 6.85. The number of benzene rings is 1. The summed E-state index contributed by atoms with van der Waals surface area (Å²) in [6.07, 6.45) is 3.47. The number of nitrogens with two attached hydrogens (primary N) is 1. The number of anilines is 1. The highest BCUT2D eigenvalue weighted by atomic mass is 16.2. The minimum absolute atomic E-state index is 0.0235. The van der Waals surface area contributed by atoms with Gasteiger partial charge in [0, 0.05) is 36.7 Å². The Balaban J connectivity index is 2.20. The number of hydrogen-bond acceptors (Lipinski definition) is 4. The van der Waals surface area contributed by atoms with Crippen LogP contribution in [0.4, 0.5) is 5.69 Å². The number of nitrogen functional groups attached to an aromatic ring is 1. The number of aromatic nitrogens is 1. The van der Waals surface area contributed by atoms with Crippen molar-refractivity contribution in [3.8, 4) is 0 Å². The molecule has 0 aliphatic carbocycles. The molecule has 0 aliphatic heterocycles. The zero-order chi connectivity index (χ0) is 15.2. The van der Waals surface area contributed by atoms with Gasteiger partial charge in [0.15, 0.2) is 0 Å². The number of hydrogen-bond donors (Lipinski definition) is 2. The van der Waals surface area contributed by atoms with Crippen molar-refractivity contribution in [2.24, 2.45) is 5.84 Å². The fourth-order valence-corrected chi connectivity index (χ4v) is 2.20. The highest BCUT2D eigenvalue weighted by Crippen LogP contribution is 2.17. The van der Waals surface area contributed by atoms with E-state index in [1.165, 1.54) is 0 Å². The van der Waals surface area contributed by atoms with Gasteiger partial charge in [-0.2, -0.15) is 0 Å². The molecular weight excluding hydrogens is 264 g/mol. The number of rotatable bonds is 5. The Hall–Kier alpha value is -2.40. The summed E-state index contributed by atoms with van der Waals surface area (Å²) >= 11 is 0. The maximum atomic E-state index is 12.7. The van der Waals surface area contributed by atoms with E-state index in [-0.39, 0.29) is 5.91 Å². The van der Waals surface area contributed by atoms with Gasteiger partial charge in [-0.25, -0.2) is 0 Å². The van der Waals surface area contributed by atoms with Gasteiger partial charge in [0.25, 0.3) is 5.91 Å². The van der Waals surface area contributed by atoms with Crippen molar-refractivity contribution in [2.45, 2.75) is 20.4 Å². The van der Waals surface area contributed by atoms with Crippen molar-refractivity contribution < 1.29 is 4.79 Å². The Labute approximate surface area is 124 Å². The minimum Gasteiger partial charge on any atom is -0.335 e. The van der Waals surface area contributed by atoms with E-state index in [0.29, 0.717) is 18.7 Å². The van der Waals surface area contributed by atoms with Gasteiger partial charge in [0.1, 0.15) is 0 Å². The normalized spacial score (nSPS) is 10.2. The fourth-order valence-electron chi connectivity index (χ4n) is 2.20. The van der Waals surface area contributed by atoms with Crippen LogP contribution in [0.25, 0.3) is 0 Å². The van der Waals surface area contributed by atoms with Crippen molar-refractivity contribution in [3.63, 3.8) is 0 Å². The molecule has 21 heavy (non-hydrogen) atoms. The van der Waals surface area contributed by atoms with E-state index >= 15 is 0 Å². The lowest BCUT2D eigenvalue weighted by Crippen LogP contribution is -2.30. The van der Waals surface area contributed by atoms with Gasteiger partial charge < -0.3 is 10.3 Å². The number of nitrogens with zero attached hydrogens (tertiary/aromatic N) is 2. The molecule has 5 nitrogen and oxygen atoms in total. The van der Waals surface area contributed by atoms with Crippen LogP contribution in [0.2, 0.25) is 0 Å². The van der Waals surface area contributed by atoms with Crippen molar-refractivity contribution in [2.75, 3.05) is 12.0 Å². The van der Waals surface area contributed by atoms with E-state index in [1.54, 1.807) is 18.5 Å². The van der Waals surface area contributed by atoms with Gasteiger partial charge in [-0.05, 0) is 55.3 Å². The molecule has 0 bridgehead atoms. The van der Waals surface area contributed by atoms with E-state index in [0.717, 1.165) is 16.8 Å². The monoisotopic (exact) mass is 284 g/mol. The summed E-state index contributed by atoms with van der Waals surface area (Å²) in [5.41, 5.74) is 6.05. The average molecular weight is 284 g/mol. The van der Waals surface area contributed by atoms with Gasteiger partial charge >= 0.3 is 0 Å². The quantitative estimate of drug-likeness (QED) is 0.653. The third kappa shape index (κ3) is 3.58. The first-order chi connectivity index (χ1) is 10.2. The first-order valence-corrected chi connectivity index (χ1v) is 6.91. The third-order valence-corrected chi connectivity index (χ3v) is 3.42. The molecule has 0 atom stereocenters. The van der Waals surface area contributed by atoms with Crippen LogP contribution >= 0.6 is 0 Å². The molecule has 5 heteroatoms. The molecule has 0 fully saturated rings. The van der Waals surface area contributed by atoms with Crippen molar-refractivity contribution in [3.05, 3.63) is 59.4 Å². The van der Waals surface area contributed by atoms with Crippen LogP contribution < -0.4 is 11.3 Å². The standard InChI is InChI=1S/C16H20N4O/c1-3-20(11-13-6-8-18-9-7-13)16(21)15-5-4-14(19-17)10-12(15)2/h4-10,19H,3,11,17H2,1-2H3. The molecule has 0 aliphatic rings. The van der Waals surface area contributed by atoms with E-state index in [2.05, 4.69) is 10.4 Å². The summed E-state index contributed by atoms with van der Waals surface area (Å²) in [5, 5.41) is 0. The van der Waals surface area contributed by atoms with Crippen LogP contribution in [0.15, 0.2) is 42.7 Å². The Bertz CT molecular complexity index is 613. The van der Waals surface area contributed by atoms with Crippen LogP contribution in [0.1, 0.15) is 28.4 Å². The molecular formula is C16H20N4O. The Morgan fingerprint density at radius 1 is 1.29 bits per heavy atom. The van der Waals surface area contributed by atoms with Crippen LogP contribution in [0.3, 0.4) is 0 Å². The lowest BCUT2D eigenvalue weighted by molar-refractivity contribution is 0.0752. The number of nitrogens with one attached hydrogen (secondary N) is 1. The number of aryl methyl sites for hydroxylation is 1. The minimum atomic E-state index is 0.0235. The molecule has 0 unspecified atom stereocenters.